The number of hydrogen-bond acceptors (Lipinski definition) is 5. The fourth-order valence-corrected chi connectivity index (χ4v) is 3.51. The molecular formula is C13H15N3O2S. The van der Waals surface area contributed by atoms with Crippen molar-refractivity contribution in [1.29, 1.82) is 0 Å². The second kappa shape index (κ2) is 4.79. The van der Waals surface area contributed by atoms with Crippen molar-refractivity contribution in [3.05, 3.63) is 22.8 Å². The van der Waals surface area contributed by atoms with Gasteiger partial charge in [0, 0.05) is 24.7 Å². The number of aromatic nitrogens is 1. The minimum Gasteiger partial charge on any atom is -0.378 e. The summed E-state index contributed by atoms with van der Waals surface area (Å²) in [7, 11) is 0. The third kappa shape index (κ3) is 2.06. The summed E-state index contributed by atoms with van der Waals surface area (Å²) in [5, 5.41) is 1.09. The summed E-state index contributed by atoms with van der Waals surface area (Å²) in [6, 6.07) is 0. The molecule has 0 atom stereocenters. The number of aryl methyl sites for hydroxylation is 1. The van der Waals surface area contributed by atoms with Gasteiger partial charge in [-0.3, -0.25) is 9.78 Å². The maximum Gasteiger partial charge on any atom is 0.259 e. The van der Waals surface area contributed by atoms with Crippen molar-refractivity contribution in [3.63, 3.8) is 0 Å². The molecule has 5 nitrogen and oxygen atoms in total. The van der Waals surface area contributed by atoms with Crippen molar-refractivity contribution in [1.82, 2.24) is 4.98 Å². The molecule has 0 aromatic carbocycles. The van der Waals surface area contributed by atoms with E-state index in [1.54, 1.807) is 6.20 Å². The molecule has 100 valence electrons. The number of primary amides is 1. The molecule has 1 aliphatic heterocycles. The van der Waals surface area contributed by atoms with Gasteiger partial charge in [-0.15, -0.1) is 11.3 Å². The molecule has 3 heterocycles. The van der Waals surface area contributed by atoms with Gasteiger partial charge in [-0.1, -0.05) is 0 Å². The summed E-state index contributed by atoms with van der Waals surface area (Å²) >= 11 is 1.42. The van der Waals surface area contributed by atoms with E-state index in [-0.39, 0.29) is 5.91 Å². The van der Waals surface area contributed by atoms with Crippen molar-refractivity contribution in [3.8, 4) is 0 Å². The Hall–Kier alpha value is -1.66. The van der Waals surface area contributed by atoms with E-state index in [1.807, 2.05) is 13.1 Å². The summed E-state index contributed by atoms with van der Waals surface area (Å²) in [4.78, 5) is 18.6. The maximum absolute atomic E-state index is 11.5. The van der Waals surface area contributed by atoms with Crippen LogP contribution in [0.25, 0.3) is 10.1 Å². The predicted molar refractivity (Wildman–Crippen MR) is 75.9 cm³/mol. The van der Waals surface area contributed by atoms with Crippen LogP contribution in [-0.2, 0) is 4.74 Å². The van der Waals surface area contributed by atoms with Crippen LogP contribution in [0.15, 0.2) is 12.4 Å². The fourth-order valence-electron chi connectivity index (χ4n) is 2.46. The van der Waals surface area contributed by atoms with Crippen LogP contribution in [0.5, 0.6) is 0 Å². The highest BCUT2D eigenvalue weighted by atomic mass is 32.1. The average Bonchev–Trinajstić information content (AvgIpc) is 2.78. The molecule has 2 N–H and O–H groups in total. The molecule has 0 unspecified atom stereocenters. The van der Waals surface area contributed by atoms with Gasteiger partial charge in [0.1, 0.15) is 0 Å². The SMILES string of the molecule is Cc1c(C(N)=O)sc2cncc(N3CCOCC3)c12. The number of carbonyl (C=O) groups excluding carboxylic acids is 1. The first-order chi connectivity index (χ1) is 9.18. The van der Waals surface area contributed by atoms with Gasteiger partial charge < -0.3 is 15.4 Å². The monoisotopic (exact) mass is 277 g/mol. The molecule has 0 saturated carbocycles. The average molecular weight is 277 g/mol. The van der Waals surface area contributed by atoms with Gasteiger partial charge in [-0.05, 0) is 12.5 Å². The molecule has 0 radical (unpaired) electrons. The predicted octanol–water partition coefficient (Wildman–Crippen LogP) is 1.54. The van der Waals surface area contributed by atoms with E-state index in [0.29, 0.717) is 4.88 Å². The Kier molecular flexibility index (Phi) is 3.12. The number of hydrogen-bond donors (Lipinski definition) is 1. The first-order valence-corrected chi connectivity index (χ1v) is 6.99. The van der Waals surface area contributed by atoms with Crippen molar-refractivity contribution in [2.45, 2.75) is 6.92 Å². The van der Waals surface area contributed by atoms with E-state index in [1.165, 1.54) is 11.3 Å². The van der Waals surface area contributed by atoms with Gasteiger partial charge in [0.2, 0.25) is 0 Å². The van der Waals surface area contributed by atoms with Crippen LogP contribution < -0.4 is 10.6 Å². The molecule has 0 bridgehead atoms. The largest absolute Gasteiger partial charge is 0.378 e. The number of nitrogens with two attached hydrogens (primary N) is 1. The fraction of sp³-hybridized carbons (Fsp3) is 0.385. The minimum atomic E-state index is -0.369. The summed E-state index contributed by atoms with van der Waals surface area (Å²) in [6.45, 7) is 5.09. The molecule has 3 rings (SSSR count). The highest BCUT2D eigenvalue weighted by molar-refractivity contribution is 7.21. The number of anilines is 1. The molecule has 6 heteroatoms. The van der Waals surface area contributed by atoms with Crippen LogP contribution in [0.1, 0.15) is 15.2 Å². The molecular weight excluding hydrogens is 262 g/mol. The number of morpholine rings is 1. The Bertz CT molecular complexity index is 632. The molecule has 1 saturated heterocycles. The van der Waals surface area contributed by atoms with E-state index < -0.39 is 0 Å². The van der Waals surface area contributed by atoms with Crippen LogP contribution in [0.3, 0.4) is 0 Å². The second-order valence-electron chi connectivity index (χ2n) is 4.55. The first-order valence-electron chi connectivity index (χ1n) is 6.18. The van der Waals surface area contributed by atoms with E-state index >= 15 is 0 Å². The van der Waals surface area contributed by atoms with Gasteiger partial charge in [-0.2, -0.15) is 0 Å². The maximum atomic E-state index is 11.5. The Morgan fingerprint density at radius 2 is 2.16 bits per heavy atom. The van der Waals surface area contributed by atoms with Crippen LogP contribution in [0.4, 0.5) is 5.69 Å². The van der Waals surface area contributed by atoms with E-state index in [2.05, 4.69) is 9.88 Å². The topological polar surface area (TPSA) is 68.5 Å². The van der Waals surface area contributed by atoms with Crippen molar-refractivity contribution in [2.75, 3.05) is 31.2 Å². The number of thiophene rings is 1. The molecule has 2 aromatic rings. The highest BCUT2D eigenvalue weighted by Crippen LogP contribution is 2.36. The Morgan fingerprint density at radius 3 is 2.84 bits per heavy atom. The van der Waals surface area contributed by atoms with Crippen LogP contribution in [0.2, 0.25) is 0 Å². The number of nitrogens with zero attached hydrogens (tertiary/aromatic N) is 2. The lowest BCUT2D eigenvalue weighted by Crippen LogP contribution is -2.36. The Labute approximate surface area is 115 Å². The normalized spacial score (nSPS) is 15.9. The molecule has 19 heavy (non-hydrogen) atoms. The number of carbonyl (C=O) groups is 1. The van der Waals surface area contributed by atoms with Crippen LogP contribution in [0, 0.1) is 6.92 Å². The zero-order valence-corrected chi connectivity index (χ0v) is 11.5. The summed E-state index contributed by atoms with van der Waals surface area (Å²) in [6.07, 6.45) is 3.65. The van der Waals surface area contributed by atoms with Crippen molar-refractivity contribution >= 4 is 33.0 Å². The summed E-state index contributed by atoms with van der Waals surface area (Å²) in [5.41, 5.74) is 7.45. The number of pyridine rings is 1. The van der Waals surface area contributed by atoms with Crippen molar-refractivity contribution < 1.29 is 9.53 Å². The lowest BCUT2D eigenvalue weighted by molar-refractivity contribution is 0.100. The van der Waals surface area contributed by atoms with Crippen molar-refractivity contribution in [2.24, 2.45) is 5.73 Å². The summed E-state index contributed by atoms with van der Waals surface area (Å²) in [5.74, 6) is -0.369. The van der Waals surface area contributed by atoms with Gasteiger partial charge in [0.15, 0.2) is 0 Å². The minimum absolute atomic E-state index is 0.369. The molecule has 0 aliphatic carbocycles. The third-order valence-electron chi connectivity index (χ3n) is 3.39. The third-order valence-corrected chi connectivity index (χ3v) is 4.64. The molecule has 0 spiro atoms. The number of amides is 1. The molecule has 1 amide bonds. The van der Waals surface area contributed by atoms with Gasteiger partial charge in [-0.25, -0.2) is 0 Å². The van der Waals surface area contributed by atoms with E-state index in [9.17, 15) is 4.79 Å². The first kappa shape index (κ1) is 12.4. The summed E-state index contributed by atoms with van der Waals surface area (Å²) < 4.78 is 6.38. The number of rotatable bonds is 2. The molecule has 1 fully saturated rings. The standard InChI is InChI=1S/C13H15N3O2S/c1-8-11-9(16-2-4-18-5-3-16)6-15-7-10(11)19-12(8)13(14)17/h6-7H,2-5H2,1H3,(H2,14,17). The Morgan fingerprint density at radius 1 is 1.42 bits per heavy atom. The second-order valence-corrected chi connectivity index (χ2v) is 5.60. The van der Waals surface area contributed by atoms with Gasteiger partial charge in [0.25, 0.3) is 5.91 Å². The molecule has 2 aromatic heterocycles. The highest BCUT2D eigenvalue weighted by Gasteiger charge is 2.20. The van der Waals surface area contributed by atoms with E-state index in [0.717, 1.165) is 47.6 Å². The Balaban J connectivity index is 2.16. The number of ether oxygens (including phenoxy) is 1. The lowest BCUT2D eigenvalue weighted by Gasteiger charge is -2.29. The molecule has 1 aliphatic rings. The van der Waals surface area contributed by atoms with Gasteiger partial charge in [0.05, 0.1) is 34.7 Å². The smallest absolute Gasteiger partial charge is 0.259 e. The van der Waals surface area contributed by atoms with E-state index in [4.69, 9.17) is 10.5 Å². The lowest BCUT2D eigenvalue weighted by atomic mass is 10.1. The van der Waals surface area contributed by atoms with Crippen LogP contribution in [-0.4, -0.2) is 37.2 Å². The zero-order chi connectivity index (χ0) is 13.4. The number of fused-ring (bicyclic) bond motifs is 1. The van der Waals surface area contributed by atoms with Gasteiger partial charge >= 0.3 is 0 Å². The quantitative estimate of drug-likeness (QED) is 0.904. The van der Waals surface area contributed by atoms with Crippen LogP contribution >= 0.6 is 11.3 Å². The zero-order valence-electron chi connectivity index (χ0n) is 10.7.